The van der Waals surface area contributed by atoms with Crippen LogP contribution in [0.1, 0.15) is 5.69 Å². The molecule has 0 aliphatic carbocycles. The lowest BCUT2D eigenvalue weighted by molar-refractivity contribution is 1.07. The van der Waals surface area contributed by atoms with E-state index in [0.717, 1.165) is 26.6 Å². The topological polar surface area (TPSA) is 37.8 Å². The molecule has 106 valence electrons. The van der Waals surface area contributed by atoms with Crippen molar-refractivity contribution < 1.29 is 0 Å². The smallest absolute Gasteiger partial charge is 0.142 e. The Kier molecular flexibility index (Phi) is 4.53. The average molecular weight is 381 g/mol. The van der Waals surface area contributed by atoms with Gasteiger partial charge in [0.25, 0.3) is 0 Å². The molecule has 0 amide bonds. The lowest BCUT2D eigenvalue weighted by Gasteiger charge is -2.07. The molecule has 3 aromatic rings. The third-order valence-corrected chi connectivity index (χ3v) is 5.16. The van der Waals surface area contributed by atoms with E-state index in [1.807, 2.05) is 41.8 Å². The zero-order valence-corrected chi connectivity index (χ0v) is 14.0. The van der Waals surface area contributed by atoms with Gasteiger partial charge in [-0.25, -0.2) is 4.98 Å². The summed E-state index contributed by atoms with van der Waals surface area (Å²) in [4.78, 5) is 8.90. The number of hydrogen-bond donors (Lipinski definition) is 1. The number of benzene rings is 1. The molecule has 1 N–H and O–H groups in total. The Bertz CT molecular complexity index is 746. The Morgan fingerprint density at radius 1 is 1.19 bits per heavy atom. The number of pyridine rings is 1. The van der Waals surface area contributed by atoms with E-state index in [2.05, 4.69) is 31.2 Å². The monoisotopic (exact) mass is 379 g/mol. The molecule has 0 aliphatic rings. The number of thiazole rings is 1. The molecular formula is C15H11BrClN3S. The van der Waals surface area contributed by atoms with Crippen LogP contribution in [0, 0.1) is 0 Å². The molecule has 0 atom stereocenters. The van der Waals surface area contributed by atoms with Gasteiger partial charge >= 0.3 is 0 Å². The summed E-state index contributed by atoms with van der Waals surface area (Å²) in [7, 11) is 0. The van der Waals surface area contributed by atoms with Crippen molar-refractivity contribution in [2.75, 3.05) is 5.32 Å². The van der Waals surface area contributed by atoms with Gasteiger partial charge < -0.3 is 5.32 Å². The molecule has 0 saturated carbocycles. The molecule has 0 spiro atoms. The van der Waals surface area contributed by atoms with Gasteiger partial charge in [-0.1, -0.05) is 23.7 Å². The van der Waals surface area contributed by atoms with Crippen molar-refractivity contribution in [3.63, 3.8) is 0 Å². The van der Waals surface area contributed by atoms with Crippen molar-refractivity contribution >= 4 is 44.6 Å². The van der Waals surface area contributed by atoms with Crippen molar-refractivity contribution in [2.45, 2.75) is 6.54 Å². The largest absolute Gasteiger partial charge is 0.378 e. The Hall–Kier alpha value is -1.43. The van der Waals surface area contributed by atoms with Gasteiger partial charge in [-0.15, -0.1) is 11.3 Å². The van der Waals surface area contributed by atoms with E-state index in [1.54, 1.807) is 17.5 Å². The van der Waals surface area contributed by atoms with Crippen LogP contribution in [0.3, 0.4) is 0 Å². The minimum absolute atomic E-state index is 0.641. The van der Waals surface area contributed by atoms with Gasteiger partial charge in [-0.05, 0) is 40.2 Å². The molecule has 0 fully saturated rings. The maximum absolute atomic E-state index is 6.07. The second-order valence-electron chi connectivity index (χ2n) is 4.31. The minimum Gasteiger partial charge on any atom is -0.378 e. The number of halogens is 2. The Balaban J connectivity index is 1.72. The first-order valence-electron chi connectivity index (χ1n) is 6.28. The lowest BCUT2D eigenvalue weighted by atomic mass is 10.3. The zero-order valence-electron chi connectivity index (χ0n) is 10.9. The lowest BCUT2D eigenvalue weighted by Crippen LogP contribution is -2.00. The predicted molar refractivity (Wildman–Crippen MR) is 91.8 cm³/mol. The number of anilines is 1. The highest BCUT2D eigenvalue weighted by Crippen LogP contribution is 2.30. The van der Waals surface area contributed by atoms with Crippen molar-refractivity contribution in [3.8, 4) is 10.7 Å². The quantitative estimate of drug-likeness (QED) is 0.673. The first-order chi connectivity index (χ1) is 10.2. The van der Waals surface area contributed by atoms with Crippen LogP contribution in [-0.4, -0.2) is 9.97 Å². The van der Waals surface area contributed by atoms with Crippen molar-refractivity contribution in [2.24, 2.45) is 0 Å². The summed E-state index contributed by atoms with van der Waals surface area (Å²) in [5, 5.41) is 6.98. The van der Waals surface area contributed by atoms with E-state index in [0.29, 0.717) is 11.6 Å². The number of rotatable bonds is 4. The molecule has 0 unspecified atom stereocenters. The normalized spacial score (nSPS) is 10.6. The molecule has 0 saturated heterocycles. The Morgan fingerprint density at radius 3 is 2.90 bits per heavy atom. The van der Waals surface area contributed by atoms with Crippen LogP contribution in [0.15, 0.2) is 52.4 Å². The Labute approximate surface area is 140 Å². The zero-order chi connectivity index (χ0) is 14.7. The van der Waals surface area contributed by atoms with E-state index in [9.17, 15) is 0 Å². The molecule has 0 bridgehead atoms. The van der Waals surface area contributed by atoms with Crippen molar-refractivity contribution in [1.29, 1.82) is 0 Å². The summed E-state index contributed by atoms with van der Waals surface area (Å²) >= 11 is 11.1. The summed E-state index contributed by atoms with van der Waals surface area (Å²) < 4.78 is 0.867. The summed E-state index contributed by atoms with van der Waals surface area (Å²) in [6, 6.07) is 11.6. The van der Waals surface area contributed by atoms with Crippen LogP contribution in [0.4, 0.5) is 5.69 Å². The fourth-order valence-electron chi connectivity index (χ4n) is 1.82. The van der Waals surface area contributed by atoms with Crippen LogP contribution in [0.5, 0.6) is 0 Å². The van der Waals surface area contributed by atoms with Crippen LogP contribution in [-0.2, 0) is 6.54 Å². The maximum atomic E-state index is 6.07. The molecule has 1 aromatic carbocycles. The number of nitrogens with zero attached hydrogens (tertiary/aromatic N) is 2. The van der Waals surface area contributed by atoms with Crippen LogP contribution in [0.2, 0.25) is 5.02 Å². The number of nitrogens with one attached hydrogen (secondary N) is 1. The standard InChI is InChI=1S/C15H11BrClN3S/c16-14-11(17)4-3-6-12(14)19-8-10-9-21-15(20-10)13-5-1-2-7-18-13/h1-7,9,19H,8H2. The molecule has 0 aliphatic heterocycles. The number of aromatic nitrogens is 2. The second-order valence-corrected chi connectivity index (χ2v) is 6.37. The fourth-order valence-corrected chi connectivity index (χ4v) is 3.20. The highest BCUT2D eigenvalue weighted by atomic mass is 79.9. The Morgan fingerprint density at radius 2 is 2.10 bits per heavy atom. The summed E-state index contributed by atoms with van der Waals surface area (Å²) in [5.41, 5.74) is 2.83. The molecule has 3 rings (SSSR count). The van der Waals surface area contributed by atoms with Crippen molar-refractivity contribution in [3.05, 3.63) is 63.2 Å². The first kappa shape index (κ1) is 14.5. The van der Waals surface area contributed by atoms with Gasteiger partial charge in [0.15, 0.2) is 0 Å². The highest BCUT2D eigenvalue weighted by Gasteiger charge is 2.07. The second kappa shape index (κ2) is 6.56. The van der Waals surface area contributed by atoms with Gasteiger partial charge in [-0.3, -0.25) is 4.98 Å². The molecule has 2 heterocycles. The summed E-state index contributed by atoms with van der Waals surface area (Å²) in [6.07, 6.45) is 1.78. The van der Waals surface area contributed by atoms with Crippen LogP contribution < -0.4 is 5.32 Å². The van der Waals surface area contributed by atoms with Gasteiger partial charge in [0.2, 0.25) is 0 Å². The average Bonchev–Trinajstić information content (AvgIpc) is 2.99. The molecule has 3 nitrogen and oxygen atoms in total. The van der Waals surface area contributed by atoms with Gasteiger partial charge in [0, 0.05) is 11.6 Å². The van der Waals surface area contributed by atoms with Gasteiger partial charge in [0.1, 0.15) is 5.01 Å². The van der Waals surface area contributed by atoms with E-state index >= 15 is 0 Å². The van der Waals surface area contributed by atoms with E-state index in [-0.39, 0.29) is 0 Å². The maximum Gasteiger partial charge on any atom is 0.142 e. The van der Waals surface area contributed by atoms with E-state index < -0.39 is 0 Å². The summed E-state index contributed by atoms with van der Waals surface area (Å²) in [6.45, 7) is 0.641. The summed E-state index contributed by atoms with van der Waals surface area (Å²) in [5.74, 6) is 0. The number of hydrogen-bond acceptors (Lipinski definition) is 4. The predicted octanol–water partition coefficient (Wildman–Crippen LogP) is 5.23. The highest BCUT2D eigenvalue weighted by molar-refractivity contribution is 9.10. The molecule has 6 heteroatoms. The fraction of sp³-hybridized carbons (Fsp3) is 0.0667. The minimum atomic E-state index is 0.641. The first-order valence-corrected chi connectivity index (χ1v) is 8.33. The molecule has 0 radical (unpaired) electrons. The van der Waals surface area contributed by atoms with E-state index in [1.165, 1.54) is 0 Å². The molecule has 21 heavy (non-hydrogen) atoms. The van der Waals surface area contributed by atoms with Gasteiger partial charge in [-0.2, -0.15) is 0 Å². The van der Waals surface area contributed by atoms with Gasteiger partial charge in [0.05, 0.1) is 33.1 Å². The third kappa shape index (κ3) is 3.43. The van der Waals surface area contributed by atoms with E-state index in [4.69, 9.17) is 11.6 Å². The molecular weight excluding hydrogens is 370 g/mol. The SMILES string of the molecule is Clc1cccc(NCc2csc(-c3ccccn3)n2)c1Br. The van der Waals surface area contributed by atoms with Crippen molar-refractivity contribution in [1.82, 2.24) is 9.97 Å². The third-order valence-electron chi connectivity index (χ3n) is 2.85. The van der Waals surface area contributed by atoms with Crippen LogP contribution in [0.25, 0.3) is 10.7 Å². The van der Waals surface area contributed by atoms with Crippen LogP contribution >= 0.6 is 38.9 Å². The molecule has 2 aromatic heterocycles.